The molecule has 5 heteroatoms. The highest BCUT2D eigenvalue weighted by atomic mass is 16.1. The average Bonchev–Trinajstić information content (AvgIpc) is 3.22. The number of fused-ring (bicyclic) bond motifs is 3. The first-order chi connectivity index (χ1) is 14.8. The lowest BCUT2D eigenvalue weighted by atomic mass is 9.97. The number of rotatable bonds is 2. The van der Waals surface area contributed by atoms with Crippen molar-refractivity contribution < 1.29 is 0 Å². The van der Waals surface area contributed by atoms with Gasteiger partial charge in [-0.2, -0.15) is 4.98 Å². The van der Waals surface area contributed by atoms with Gasteiger partial charge in [-0.3, -0.25) is 9.78 Å². The maximum atomic E-state index is 13.2. The Balaban J connectivity index is 1.57. The second-order valence-corrected chi connectivity index (χ2v) is 7.50. The Morgan fingerprint density at radius 1 is 0.867 bits per heavy atom. The summed E-state index contributed by atoms with van der Waals surface area (Å²) >= 11 is 0. The molecule has 0 fully saturated rings. The summed E-state index contributed by atoms with van der Waals surface area (Å²) in [7, 11) is 0. The molecule has 1 aliphatic rings. The second-order valence-electron chi connectivity index (χ2n) is 7.50. The Morgan fingerprint density at radius 3 is 2.67 bits per heavy atom. The van der Waals surface area contributed by atoms with Crippen molar-refractivity contribution in [2.75, 3.05) is 11.4 Å². The van der Waals surface area contributed by atoms with Gasteiger partial charge in [0.25, 0.3) is 5.56 Å². The Hall–Kier alpha value is -3.99. The van der Waals surface area contributed by atoms with Crippen LogP contribution in [0.3, 0.4) is 0 Å². The van der Waals surface area contributed by atoms with Crippen LogP contribution in [-0.4, -0.2) is 21.5 Å². The lowest BCUT2D eigenvalue weighted by Gasteiger charge is -2.18. The third-order valence-corrected chi connectivity index (χ3v) is 5.82. The number of nitrogens with one attached hydrogen (secondary N) is 1. The van der Waals surface area contributed by atoms with Crippen LogP contribution < -0.4 is 10.5 Å². The number of nitrogens with zero attached hydrogens (tertiary/aromatic N) is 3. The summed E-state index contributed by atoms with van der Waals surface area (Å²) in [5, 5.41) is 2.75. The SMILES string of the molecule is O=c1[nH]c(N2CCc3ccccc32)nc2nccc(-c3cccc4ccccc34)c12. The molecule has 0 saturated carbocycles. The molecule has 0 atom stereocenters. The molecule has 5 aromatic rings. The first-order valence-corrected chi connectivity index (χ1v) is 10.0. The molecular formula is C25H18N4O. The van der Waals surface area contributed by atoms with Crippen molar-refractivity contribution in [3.63, 3.8) is 0 Å². The van der Waals surface area contributed by atoms with Crippen molar-refractivity contribution in [3.05, 3.63) is 94.9 Å². The summed E-state index contributed by atoms with van der Waals surface area (Å²) in [5.74, 6) is 0.542. The molecule has 0 amide bonds. The van der Waals surface area contributed by atoms with Crippen LogP contribution in [0.5, 0.6) is 0 Å². The molecule has 0 radical (unpaired) electrons. The highest BCUT2D eigenvalue weighted by Gasteiger charge is 2.23. The van der Waals surface area contributed by atoms with E-state index in [-0.39, 0.29) is 5.56 Å². The number of H-pyrrole nitrogens is 1. The molecule has 0 spiro atoms. The van der Waals surface area contributed by atoms with Crippen LogP contribution in [-0.2, 0) is 6.42 Å². The number of para-hydroxylation sites is 1. The lowest BCUT2D eigenvalue weighted by Crippen LogP contribution is -2.21. The van der Waals surface area contributed by atoms with Crippen molar-refractivity contribution in [2.24, 2.45) is 0 Å². The van der Waals surface area contributed by atoms with Gasteiger partial charge >= 0.3 is 0 Å². The molecule has 3 aromatic carbocycles. The van der Waals surface area contributed by atoms with Crippen LogP contribution >= 0.6 is 0 Å². The van der Waals surface area contributed by atoms with Crippen LogP contribution in [0.2, 0.25) is 0 Å². The molecule has 1 aliphatic heterocycles. The minimum Gasteiger partial charge on any atom is -0.311 e. The first-order valence-electron chi connectivity index (χ1n) is 10.0. The van der Waals surface area contributed by atoms with Gasteiger partial charge in [0.05, 0.1) is 5.39 Å². The number of benzene rings is 3. The second kappa shape index (κ2) is 6.52. The predicted octanol–water partition coefficient (Wildman–Crippen LogP) is 4.83. The number of hydrogen-bond donors (Lipinski definition) is 1. The maximum Gasteiger partial charge on any atom is 0.262 e. The third kappa shape index (κ3) is 2.52. The zero-order valence-electron chi connectivity index (χ0n) is 16.2. The zero-order chi connectivity index (χ0) is 20.1. The monoisotopic (exact) mass is 390 g/mol. The van der Waals surface area contributed by atoms with E-state index < -0.39 is 0 Å². The van der Waals surface area contributed by atoms with Crippen LogP contribution in [0.15, 0.2) is 83.8 Å². The average molecular weight is 390 g/mol. The van der Waals surface area contributed by atoms with Gasteiger partial charge in [0.15, 0.2) is 5.65 Å². The van der Waals surface area contributed by atoms with E-state index in [0.29, 0.717) is 17.0 Å². The third-order valence-electron chi connectivity index (χ3n) is 5.82. The molecule has 6 rings (SSSR count). The first kappa shape index (κ1) is 16.9. The van der Waals surface area contributed by atoms with Gasteiger partial charge < -0.3 is 4.90 Å². The van der Waals surface area contributed by atoms with E-state index in [1.54, 1.807) is 6.20 Å². The minimum atomic E-state index is -0.171. The number of aromatic amines is 1. The standard InChI is InChI=1S/C25H18N4O/c30-24-22-20(19-10-5-8-16-6-1-3-9-18(16)19)12-14-26-23(22)27-25(28-24)29-15-13-17-7-2-4-11-21(17)29/h1-12,14H,13,15H2,(H,26,27,28,30). The van der Waals surface area contributed by atoms with Crippen molar-refractivity contribution in [1.29, 1.82) is 0 Å². The van der Waals surface area contributed by atoms with Crippen molar-refractivity contribution in [2.45, 2.75) is 6.42 Å². The molecule has 0 saturated heterocycles. The van der Waals surface area contributed by atoms with E-state index in [4.69, 9.17) is 4.98 Å². The van der Waals surface area contributed by atoms with Crippen molar-refractivity contribution in [1.82, 2.24) is 15.0 Å². The smallest absolute Gasteiger partial charge is 0.262 e. The van der Waals surface area contributed by atoms with Crippen molar-refractivity contribution in [3.8, 4) is 11.1 Å². The highest BCUT2D eigenvalue weighted by Crippen LogP contribution is 2.34. The van der Waals surface area contributed by atoms with Gasteiger partial charge in [-0.05, 0) is 40.5 Å². The molecular weight excluding hydrogens is 372 g/mol. The lowest BCUT2D eigenvalue weighted by molar-refractivity contribution is 0.938. The molecule has 1 N–H and O–H groups in total. The molecule has 0 aliphatic carbocycles. The number of aromatic nitrogens is 3. The summed E-state index contributed by atoms with van der Waals surface area (Å²) < 4.78 is 0. The quantitative estimate of drug-likeness (QED) is 0.469. The molecule has 30 heavy (non-hydrogen) atoms. The van der Waals surface area contributed by atoms with Crippen LogP contribution in [0.25, 0.3) is 32.9 Å². The zero-order valence-corrected chi connectivity index (χ0v) is 16.2. The number of pyridine rings is 1. The van der Waals surface area contributed by atoms with Gasteiger partial charge in [0, 0.05) is 24.0 Å². The summed E-state index contributed by atoms with van der Waals surface area (Å²) in [6.07, 6.45) is 2.66. The van der Waals surface area contributed by atoms with E-state index in [9.17, 15) is 4.79 Å². The number of hydrogen-bond acceptors (Lipinski definition) is 4. The largest absolute Gasteiger partial charge is 0.311 e. The topological polar surface area (TPSA) is 61.9 Å². The molecule has 144 valence electrons. The number of anilines is 2. The fourth-order valence-electron chi connectivity index (χ4n) is 4.42. The van der Waals surface area contributed by atoms with Gasteiger partial charge in [-0.1, -0.05) is 60.7 Å². The predicted molar refractivity (Wildman–Crippen MR) is 120 cm³/mol. The summed E-state index contributed by atoms with van der Waals surface area (Å²) in [5.41, 5.74) is 4.49. The van der Waals surface area contributed by atoms with Crippen LogP contribution in [0.1, 0.15) is 5.56 Å². The van der Waals surface area contributed by atoms with E-state index in [1.165, 1.54) is 5.56 Å². The Kier molecular flexibility index (Phi) is 3.68. The summed E-state index contributed by atoms with van der Waals surface area (Å²) in [6.45, 7) is 0.788. The van der Waals surface area contributed by atoms with Gasteiger partial charge in [0.2, 0.25) is 5.95 Å². The molecule has 0 bridgehead atoms. The van der Waals surface area contributed by atoms with Gasteiger partial charge in [0.1, 0.15) is 0 Å². The van der Waals surface area contributed by atoms with Gasteiger partial charge in [-0.15, -0.1) is 0 Å². The Morgan fingerprint density at radius 2 is 1.70 bits per heavy atom. The fraction of sp³-hybridized carbons (Fsp3) is 0.0800. The molecule has 3 heterocycles. The maximum absolute atomic E-state index is 13.2. The van der Waals surface area contributed by atoms with E-state index in [2.05, 4.69) is 45.2 Å². The van der Waals surface area contributed by atoms with E-state index in [0.717, 1.165) is 40.6 Å². The highest BCUT2D eigenvalue weighted by molar-refractivity contribution is 6.03. The Labute approximate surface area is 172 Å². The molecule has 5 nitrogen and oxygen atoms in total. The summed E-state index contributed by atoms with van der Waals surface area (Å²) in [6, 6.07) is 24.4. The van der Waals surface area contributed by atoms with E-state index >= 15 is 0 Å². The molecule has 0 unspecified atom stereocenters. The van der Waals surface area contributed by atoms with Crippen molar-refractivity contribution >= 4 is 33.4 Å². The summed E-state index contributed by atoms with van der Waals surface area (Å²) in [4.78, 5) is 27.5. The van der Waals surface area contributed by atoms with Gasteiger partial charge in [-0.25, -0.2) is 4.98 Å². The Bertz CT molecular complexity index is 1480. The van der Waals surface area contributed by atoms with Crippen LogP contribution in [0, 0.1) is 0 Å². The molecule has 2 aromatic heterocycles. The normalized spacial score (nSPS) is 13.1. The van der Waals surface area contributed by atoms with Crippen LogP contribution in [0.4, 0.5) is 11.6 Å². The minimum absolute atomic E-state index is 0.171. The fourth-order valence-corrected chi connectivity index (χ4v) is 4.42. The van der Waals surface area contributed by atoms with E-state index in [1.807, 2.05) is 42.5 Å².